The van der Waals surface area contributed by atoms with Gasteiger partial charge >= 0.3 is 5.97 Å². The van der Waals surface area contributed by atoms with Gasteiger partial charge in [-0.25, -0.2) is 0 Å². The van der Waals surface area contributed by atoms with Crippen molar-refractivity contribution >= 4 is 17.7 Å². The maximum absolute atomic E-state index is 10.6. The number of hydrogen-bond acceptors (Lipinski definition) is 4. The Balaban J connectivity index is 1.53. The van der Waals surface area contributed by atoms with E-state index in [1.54, 1.807) is 6.33 Å². The predicted molar refractivity (Wildman–Crippen MR) is 65.2 cm³/mol. The minimum atomic E-state index is -0.800. The van der Waals surface area contributed by atoms with Gasteiger partial charge in [-0.15, -0.1) is 10.2 Å². The van der Waals surface area contributed by atoms with Gasteiger partial charge in [-0.3, -0.25) is 4.79 Å². The van der Waals surface area contributed by atoms with Gasteiger partial charge < -0.3 is 9.67 Å². The van der Waals surface area contributed by atoms with Crippen LogP contribution in [0, 0.1) is 23.7 Å². The van der Waals surface area contributed by atoms with Gasteiger partial charge in [0.25, 0.3) is 0 Å². The van der Waals surface area contributed by atoms with Crippen LogP contribution in [0.4, 0.5) is 0 Å². The van der Waals surface area contributed by atoms with Crippen molar-refractivity contribution in [2.24, 2.45) is 23.7 Å². The molecule has 1 aromatic heterocycles. The van der Waals surface area contributed by atoms with Crippen molar-refractivity contribution in [2.75, 3.05) is 5.75 Å². The molecule has 1 heterocycles. The zero-order chi connectivity index (χ0) is 12.3. The number of carbonyl (C=O) groups is 1. The van der Waals surface area contributed by atoms with E-state index in [1.807, 2.05) is 0 Å². The Bertz CT molecular complexity index is 487. The van der Waals surface area contributed by atoms with E-state index >= 15 is 0 Å². The van der Waals surface area contributed by atoms with Crippen molar-refractivity contribution in [1.82, 2.24) is 14.8 Å². The molecule has 4 atom stereocenters. The molecule has 0 saturated heterocycles. The molecule has 0 amide bonds. The summed E-state index contributed by atoms with van der Waals surface area (Å²) < 4.78 is 2.13. The van der Waals surface area contributed by atoms with Gasteiger partial charge in [-0.1, -0.05) is 11.8 Å². The largest absolute Gasteiger partial charge is 0.481 e. The molecule has 0 aromatic carbocycles. The number of aliphatic carboxylic acids is 1. The smallest absolute Gasteiger partial charge is 0.313 e. The summed E-state index contributed by atoms with van der Waals surface area (Å²) in [5.41, 5.74) is 0. The van der Waals surface area contributed by atoms with Crippen molar-refractivity contribution in [2.45, 2.75) is 30.5 Å². The van der Waals surface area contributed by atoms with Crippen molar-refractivity contribution in [3.05, 3.63) is 6.33 Å². The fourth-order valence-electron chi connectivity index (χ4n) is 4.32. The second-order valence-corrected chi connectivity index (χ2v) is 6.62. The molecule has 4 rings (SSSR count). The Morgan fingerprint density at radius 3 is 2.83 bits per heavy atom. The SMILES string of the molecule is O=C(O)CSc1nncn1C1C2C3CCC(C3)C21. The number of aromatic nitrogens is 3. The molecule has 1 N–H and O–H groups in total. The minimum absolute atomic E-state index is 0.0631. The quantitative estimate of drug-likeness (QED) is 0.839. The van der Waals surface area contributed by atoms with E-state index in [2.05, 4.69) is 14.8 Å². The third kappa shape index (κ3) is 1.44. The molecule has 3 fully saturated rings. The summed E-state index contributed by atoms with van der Waals surface area (Å²) in [6.07, 6.45) is 5.99. The van der Waals surface area contributed by atoms with Crippen LogP contribution < -0.4 is 0 Å². The van der Waals surface area contributed by atoms with Gasteiger partial charge in [0.05, 0.1) is 5.75 Å². The molecule has 0 spiro atoms. The molecule has 3 aliphatic carbocycles. The average molecular weight is 265 g/mol. The fourth-order valence-corrected chi connectivity index (χ4v) is 4.99. The molecule has 4 unspecified atom stereocenters. The average Bonchev–Trinajstić information content (AvgIpc) is 2.77. The van der Waals surface area contributed by atoms with Crippen LogP contribution in [-0.2, 0) is 4.79 Å². The summed E-state index contributed by atoms with van der Waals surface area (Å²) in [5, 5.41) is 17.5. The highest BCUT2D eigenvalue weighted by atomic mass is 32.2. The molecule has 3 aliphatic rings. The van der Waals surface area contributed by atoms with Gasteiger partial charge in [0.1, 0.15) is 6.33 Å². The van der Waals surface area contributed by atoms with Gasteiger partial charge in [0, 0.05) is 6.04 Å². The summed E-state index contributed by atoms with van der Waals surface area (Å²) in [4.78, 5) is 10.6. The van der Waals surface area contributed by atoms with Crippen LogP contribution in [-0.4, -0.2) is 31.6 Å². The maximum atomic E-state index is 10.6. The van der Waals surface area contributed by atoms with E-state index in [9.17, 15) is 4.79 Å². The van der Waals surface area contributed by atoms with Crippen LogP contribution in [0.1, 0.15) is 25.3 Å². The molecule has 6 heteroatoms. The van der Waals surface area contributed by atoms with Crippen molar-refractivity contribution in [3.63, 3.8) is 0 Å². The summed E-state index contributed by atoms with van der Waals surface area (Å²) in [5.74, 6) is 2.72. The first kappa shape index (κ1) is 10.8. The van der Waals surface area contributed by atoms with Gasteiger partial charge in [0.15, 0.2) is 5.16 Å². The van der Waals surface area contributed by atoms with E-state index < -0.39 is 5.97 Å². The van der Waals surface area contributed by atoms with E-state index in [0.717, 1.165) is 28.8 Å². The predicted octanol–water partition coefficient (Wildman–Crippen LogP) is 1.67. The van der Waals surface area contributed by atoms with Gasteiger partial charge in [-0.05, 0) is 42.9 Å². The molecular weight excluding hydrogens is 250 g/mol. The van der Waals surface area contributed by atoms with Gasteiger partial charge in [0.2, 0.25) is 0 Å². The van der Waals surface area contributed by atoms with E-state index in [4.69, 9.17) is 5.11 Å². The molecule has 96 valence electrons. The molecule has 5 nitrogen and oxygen atoms in total. The molecule has 1 aromatic rings. The first-order valence-electron chi connectivity index (χ1n) is 6.50. The summed E-state index contributed by atoms with van der Waals surface area (Å²) in [6.45, 7) is 0. The number of thioether (sulfide) groups is 1. The Morgan fingerprint density at radius 2 is 2.17 bits per heavy atom. The lowest BCUT2D eigenvalue weighted by Crippen LogP contribution is -2.06. The first-order chi connectivity index (χ1) is 8.75. The zero-order valence-electron chi connectivity index (χ0n) is 9.90. The van der Waals surface area contributed by atoms with Crippen LogP contribution in [0.15, 0.2) is 11.5 Å². The highest BCUT2D eigenvalue weighted by molar-refractivity contribution is 7.99. The van der Waals surface area contributed by atoms with E-state index in [-0.39, 0.29) is 5.75 Å². The molecule has 0 radical (unpaired) electrons. The molecule has 2 bridgehead atoms. The number of nitrogens with zero attached hydrogens (tertiary/aromatic N) is 3. The molecule has 0 aliphatic heterocycles. The Kier molecular flexibility index (Phi) is 2.24. The van der Waals surface area contributed by atoms with Crippen LogP contribution in [0.3, 0.4) is 0 Å². The van der Waals surface area contributed by atoms with E-state index in [1.165, 1.54) is 31.0 Å². The lowest BCUT2D eigenvalue weighted by atomic mass is 10.0. The first-order valence-corrected chi connectivity index (χ1v) is 7.48. The minimum Gasteiger partial charge on any atom is -0.481 e. The summed E-state index contributed by atoms with van der Waals surface area (Å²) >= 11 is 1.28. The lowest BCUT2D eigenvalue weighted by Gasteiger charge is -2.11. The molecule has 18 heavy (non-hydrogen) atoms. The molecule has 3 saturated carbocycles. The van der Waals surface area contributed by atoms with Crippen molar-refractivity contribution in [1.29, 1.82) is 0 Å². The Morgan fingerprint density at radius 1 is 1.44 bits per heavy atom. The van der Waals surface area contributed by atoms with Gasteiger partial charge in [-0.2, -0.15) is 0 Å². The fraction of sp³-hybridized carbons (Fsp3) is 0.750. The summed E-state index contributed by atoms with van der Waals surface area (Å²) in [7, 11) is 0. The second-order valence-electron chi connectivity index (χ2n) is 5.68. The third-order valence-electron chi connectivity index (χ3n) is 4.88. The number of carboxylic acids is 1. The highest BCUT2D eigenvalue weighted by Gasteiger charge is 2.66. The summed E-state index contributed by atoms with van der Waals surface area (Å²) in [6, 6.07) is 0.558. The standard InChI is InChI=1S/C12H15N3O2S/c16-8(17)4-18-12-14-13-5-15(12)11-9-6-1-2-7(3-6)10(9)11/h5-7,9-11H,1-4H2,(H,16,17). The monoisotopic (exact) mass is 265 g/mol. The van der Waals surface area contributed by atoms with Crippen LogP contribution >= 0.6 is 11.8 Å². The van der Waals surface area contributed by atoms with Crippen LogP contribution in [0.2, 0.25) is 0 Å². The second kappa shape index (κ2) is 3.73. The number of rotatable bonds is 4. The third-order valence-corrected chi connectivity index (χ3v) is 5.82. The molecular formula is C12H15N3O2S. The van der Waals surface area contributed by atoms with Crippen molar-refractivity contribution in [3.8, 4) is 0 Å². The highest BCUT2D eigenvalue weighted by Crippen LogP contribution is 2.71. The number of carboxylic acid groups (broad SMARTS) is 1. The zero-order valence-corrected chi connectivity index (χ0v) is 10.7. The van der Waals surface area contributed by atoms with Crippen molar-refractivity contribution < 1.29 is 9.90 Å². The van der Waals surface area contributed by atoms with Crippen LogP contribution in [0.25, 0.3) is 0 Å². The Hall–Kier alpha value is -1.04. The maximum Gasteiger partial charge on any atom is 0.313 e. The Labute approximate surface area is 109 Å². The lowest BCUT2D eigenvalue weighted by molar-refractivity contribution is -0.133. The number of hydrogen-bond donors (Lipinski definition) is 1. The normalized spacial score (nSPS) is 39.9. The van der Waals surface area contributed by atoms with Crippen LogP contribution in [0.5, 0.6) is 0 Å². The van der Waals surface area contributed by atoms with E-state index in [0.29, 0.717) is 6.04 Å². The topological polar surface area (TPSA) is 68.0 Å². The number of fused-ring (bicyclic) bond motifs is 5.